The topological polar surface area (TPSA) is 210 Å². The number of nitrogens with one attached hydrogen (secondary N) is 1. The van der Waals surface area contributed by atoms with Gasteiger partial charge in [0.1, 0.15) is 34.9 Å². The molecule has 4 heterocycles. The minimum atomic E-state index is -1.19. The number of hydrogen-bond acceptors (Lipinski definition) is 14. The number of anilines is 1. The van der Waals surface area contributed by atoms with Gasteiger partial charge in [0.05, 0.1) is 5.41 Å². The summed E-state index contributed by atoms with van der Waals surface area (Å²) in [6.07, 6.45) is 0. The number of aryl methyl sites for hydroxylation is 1. The molecule has 0 saturated carbocycles. The minimum Gasteiger partial charge on any atom is -0.481 e. The number of amides is 2. The summed E-state index contributed by atoms with van der Waals surface area (Å²) in [6.45, 7) is 6.82. The third-order valence-electron chi connectivity index (χ3n) is 5.22. The zero-order valence-corrected chi connectivity index (χ0v) is 26.5. The Bertz CT molecular complexity index is 1370. The molecule has 0 unspecified atom stereocenters. The fourth-order valence-electron chi connectivity index (χ4n) is 3.18. The van der Waals surface area contributed by atoms with Crippen LogP contribution >= 0.6 is 58.6 Å². The molecule has 2 aliphatic rings. The van der Waals surface area contributed by atoms with Crippen molar-refractivity contribution in [2.75, 3.05) is 24.3 Å². The molecule has 1 saturated heterocycles. The van der Waals surface area contributed by atoms with Gasteiger partial charge in [0, 0.05) is 16.9 Å². The maximum absolute atomic E-state index is 12.9. The largest absolute Gasteiger partial charge is 0.481 e. The van der Waals surface area contributed by atoms with Crippen LogP contribution in [-0.4, -0.2) is 89.8 Å². The summed E-state index contributed by atoms with van der Waals surface area (Å²) < 4.78 is 0.726. The van der Waals surface area contributed by atoms with Crippen LogP contribution in [0.3, 0.4) is 0 Å². The molecule has 0 aliphatic carbocycles. The number of fused-ring (bicyclic) bond motifs is 1. The number of aromatic nitrogens is 3. The number of thiazole rings is 1. The van der Waals surface area contributed by atoms with Crippen molar-refractivity contribution in [2.45, 2.75) is 43.5 Å². The van der Waals surface area contributed by atoms with Crippen molar-refractivity contribution in [1.29, 1.82) is 0 Å². The van der Waals surface area contributed by atoms with Gasteiger partial charge in [-0.2, -0.15) is 0 Å². The van der Waals surface area contributed by atoms with Gasteiger partial charge >= 0.3 is 11.9 Å². The molecule has 0 aromatic carbocycles. The fraction of sp³-hybridized carbons (Fsp3) is 0.455. The first-order valence-corrected chi connectivity index (χ1v) is 15.2. The van der Waals surface area contributed by atoms with Crippen LogP contribution < -0.4 is 11.1 Å². The Balaban J connectivity index is 0.000000655. The van der Waals surface area contributed by atoms with Crippen LogP contribution in [-0.2, 0) is 24.0 Å². The lowest BCUT2D eigenvalue weighted by molar-refractivity contribution is -0.150. The van der Waals surface area contributed by atoms with Crippen LogP contribution in [0.4, 0.5) is 5.13 Å². The molecule has 0 bridgehead atoms. The van der Waals surface area contributed by atoms with E-state index in [4.69, 9.17) is 15.7 Å². The smallest absolute Gasteiger partial charge is 0.352 e. The monoisotopic (exact) mass is 665 g/mol. The number of hydrogen-bond donors (Lipinski definition) is 4. The maximum atomic E-state index is 12.9. The number of carboxylic acid groups (broad SMARTS) is 2. The van der Waals surface area contributed by atoms with Gasteiger partial charge in [0.25, 0.3) is 11.8 Å². The molecule has 2 atom stereocenters. The summed E-state index contributed by atoms with van der Waals surface area (Å²) in [7, 11) is 1.28. The SMILES string of the molecule is CC(C)(C)C(=O)O.CO/N=C(\C(=O)N[C@@H]1C(=O)N2C(C(=O)O)=C(CSc3nnc(C)s3)CS[C@H]12)c1csc(N)n1.Cl. The van der Waals surface area contributed by atoms with Crippen molar-refractivity contribution in [3.63, 3.8) is 0 Å². The third-order valence-corrected chi connectivity index (χ3v) is 9.29. The number of rotatable bonds is 8. The van der Waals surface area contributed by atoms with Gasteiger partial charge in [-0.05, 0) is 33.3 Å². The zero-order chi connectivity index (χ0) is 29.8. The van der Waals surface area contributed by atoms with E-state index >= 15 is 0 Å². The summed E-state index contributed by atoms with van der Waals surface area (Å²) in [4.78, 5) is 57.6. The van der Waals surface area contributed by atoms with Crippen LogP contribution in [0.2, 0.25) is 0 Å². The summed E-state index contributed by atoms with van der Waals surface area (Å²) in [5.74, 6) is -2.37. The second kappa shape index (κ2) is 14.3. The summed E-state index contributed by atoms with van der Waals surface area (Å²) in [6, 6.07) is -0.907. The van der Waals surface area contributed by atoms with E-state index < -0.39 is 40.6 Å². The van der Waals surface area contributed by atoms with Crippen molar-refractivity contribution < 1.29 is 34.2 Å². The quantitative estimate of drug-likeness (QED) is 0.138. The Kier molecular flexibility index (Phi) is 12.0. The predicted octanol–water partition coefficient (Wildman–Crippen LogP) is 2.31. The number of carbonyl (C=O) groups excluding carboxylic acids is 2. The molecule has 41 heavy (non-hydrogen) atoms. The lowest BCUT2D eigenvalue weighted by Crippen LogP contribution is -2.71. The number of thioether (sulfide) groups is 2. The number of nitrogens with zero attached hydrogens (tertiary/aromatic N) is 5. The molecule has 5 N–H and O–H groups in total. The highest BCUT2D eigenvalue weighted by molar-refractivity contribution is 8.01. The number of oxime groups is 1. The standard InChI is InChI=1S/C17H17N7O5S4.C5H10O2.ClH/c1-6-21-22-17(33-6)32-4-7-3-30-14-10(13(26)24(14)11(7)15(27)28)20-12(25)9(23-29-2)8-5-31-16(18)19-8;1-5(2,3)4(6)7;/h5,10,14H,3-4H2,1-2H3,(H2,18,19)(H,20,25)(H,27,28);1-3H3,(H,6,7);1H/b23-9-;;/t10-,14-;;/m1../s1. The van der Waals surface area contributed by atoms with Crippen LogP contribution in [0.1, 0.15) is 31.5 Å². The molecule has 2 aromatic rings. The van der Waals surface area contributed by atoms with Crippen LogP contribution in [0, 0.1) is 12.3 Å². The fourth-order valence-corrected chi connectivity index (χ4v) is 7.03. The Labute approximate surface area is 257 Å². The van der Waals surface area contributed by atoms with Gasteiger partial charge in [-0.25, -0.2) is 9.78 Å². The highest BCUT2D eigenvalue weighted by Gasteiger charge is 2.54. The molecule has 19 heteroatoms. The zero-order valence-electron chi connectivity index (χ0n) is 22.4. The number of carbonyl (C=O) groups is 4. The van der Waals surface area contributed by atoms with Crippen molar-refractivity contribution >= 4 is 93.2 Å². The average molecular weight is 666 g/mol. The molecule has 0 spiro atoms. The van der Waals surface area contributed by atoms with Crippen molar-refractivity contribution in [3.8, 4) is 0 Å². The molecule has 14 nitrogen and oxygen atoms in total. The number of β-lactam (4-membered cyclic amide) rings is 1. The lowest BCUT2D eigenvalue weighted by atomic mass is 9.98. The average Bonchev–Trinajstić information content (AvgIpc) is 3.50. The number of carboxylic acids is 2. The van der Waals surface area contributed by atoms with E-state index in [1.165, 1.54) is 46.9 Å². The van der Waals surface area contributed by atoms with E-state index in [2.05, 4.69) is 25.7 Å². The number of nitrogen functional groups attached to an aromatic ring is 1. The normalized spacial score (nSPS) is 18.3. The molecule has 4 rings (SSSR count). The lowest BCUT2D eigenvalue weighted by Gasteiger charge is -2.49. The van der Waals surface area contributed by atoms with Gasteiger partial charge in [0.15, 0.2) is 15.2 Å². The van der Waals surface area contributed by atoms with E-state index in [9.17, 15) is 24.3 Å². The van der Waals surface area contributed by atoms with Crippen molar-refractivity contribution in [3.05, 3.63) is 27.4 Å². The number of nitrogens with two attached hydrogens (primary N) is 1. The molecule has 2 aliphatic heterocycles. The van der Waals surface area contributed by atoms with Gasteiger partial charge in [-0.15, -0.1) is 45.7 Å². The van der Waals surface area contributed by atoms with Gasteiger partial charge < -0.3 is 26.1 Å². The second-order valence-corrected chi connectivity index (χ2v) is 13.6. The molecule has 0 radical (unpaired) electrons. The van der Waals surface area contributed by atoms with E-state index in [1.807, 2.05) is 6.92 Å². The first-order valence-electron chi connectivity index (χ1n) is 11.4. The molecule has 1 fully saturated rings. The first-order chi connectivity index (χ1) is 18.7. The Morgan fingerprint density at radius 1 is 1.29 bits per heavy atom. The Morgan fingerprint density at radius 2 is 1.95 bits per heavy atom. The molecule has 224 valence electrons. The van der Waals surface area contributed by atoms with E-state index in [0.717, 1.165) is 20.7 Å². The van der Waals surface area contributed by atoms with Crippen LogP contribution in [0.15, 0.2) is 26.1 Å². The van der Waals surface area contributed by atoms with E-state index in [0.29, 0.717) is 17.1 Å². The van der Waals surface area contributed by atoms with Gasteiger partial charge in [-0.1, -0.05) is 28.3 Å². The summed E-state index contributed by atoms with van der Waals surface area (Å²) in [5.41, 5.74) is 5.69. The third kappa shape index (κ3) is 8.31. The highest BCUT2D eigenvalue weighted by Crippen LogP contribution is 2.41. The van der Waals surface area contributed by atoms with Crippen molar-refractivity contribution in [2.24, 2.45) is 10.6 Å². The molecule has 2 aromatic heterocycles. The first kappa shape index (κ1) is 34.3. The number of halogens is 1. The molecular weight excluding hydrogens is 638 g/mol. The van der Waals surface area contributed by atoms with Crippen molar-refractivity contribution in [1.82, 2.24) is 25.4 Å². The maximum Gasteiger partial charge on any atom is 0.352 e. The second-order valence-electron chi connectivity index (χ2n) is 9.24. The van der Waals surface area contributed by atoms with E-state index in [-0.39, 0.29) is 34.6 Å². The van der Waals surface area contributed by atoms with Crippen LogP contribution in [0.5, 0.6) is 0 Å². The molecular formula is C22H28ClN7O7S4. The molecule has 2 amide bonds. The van der Waals surface area contributed by atoms with Crippen LogP contribution in [0.25, 0.3) is 0 Å². The number of aliphatic carboxylic acids is 2. The van der Waals surface area contributed by atoms with E-state index in [1.54, 1.807) is 26.2 Å². The van der Waals surface area contributed by atoms with Gasteiger partial charge in [0.2, 0.25) is 0 Å². The predicted molar refractivity (Wildman–Crippen MR) is 159 cm³/mol. The Hall–Kier alpha value is -2.93. The Morgan fingerprint density at radius 3 is 2.44 bits per heavy atom. The highest BCUT2D eigenvalue weighted by atomic mass is 35.5. The summed E-state index contributed by atoms with van der Waals surface area (Å²) in [5, 5.41) is 34.4. The minimum absolute atomic E-state index is 0. The van der Waals surface area contributed by atoms with Gasteiger partial charge in [-0.3, -0.25) is 19.3 Å². The summed E-state index contributed by atoms with van der Waals surface area (Å²) >= 11 is 5.30.